The van der Waals surface area contributed by atoms with Gasteiger partial charge in [-0.05, 0) is 29.7 Å². The first-order valence-corrected chi connectivity index (χ1v) is 8.47. The van der Waals surface area contributed by atoms with Crippen molar-refractivity contribution in [2.75, 3.05) is 26.0 Å². The predicted octanol–water partition coefficient (Wildman–Crippen LogP) is 3.51. The van der Waals surface area contributed by atoms with E-state index in [-0.39, 0.29) is 36.4 Å². The van der Waals surface area contributed by atoms with Gasteiger partial charge >= 0.3 is 0 Å². The minimum atomic E-state index is -0.0949. The molecule has 0 bridgehead atoms. The molecule has 2 aromatic carbocycles. The van der Waals surface area contributed by atoms with E-state index < -0.39 is 0 Å². The Labute approximate surface area is 172 Å². The third-order valence-corrected chi connectivity index (χ3v) is 3.70. The van der Waals surface area contributed by atoms with E-state index in [1.54, 1.807) is 0 Å². The van der Waals surface area contributed by atoms with E-state index in [1.807, 2.05) is 73.6 Å². The van der Waals surface area contributed by atoms with Crippen LogP contribution < -0.4 is 10.6 Å². The van der Waals surface area contributed by atoms with Crippen LogP contribution in [0, 0.1) is 0 Å². The highest BCUT2D eigenvalue weighted by Crippen LogP contribution is 2.10. The first kappa shape index (κ1) is 22.0. The van der Waals surface area contributed by atoms with Crippen LogP contribution >= 0.6 is 24.0 Å². The molecule has 0 aliphatic heterocycles. The number of aliphatic imine (C=N–C) groups is 1. The summed E-state index contributed by atoms with van der Waals surface area (Å²) in [5, 5.41) is 6.01. The summed E-state index contributed by atoms with van der Waals surface area (Å²) in [6, 6.07) is 17.9. The molecule has 0 spiro atoms. The van der Waals surface area contributed by atoms with Gasteiger partial charge in [0.2, 0.25) is 5.91 Å². The summed E-state index contributed by atoms with van der Waals surface area (Å²) >= 11 is 0. The molecule has 2 aromatic rings. The molecule has 2 rings (SSSR count). The van der Waals surface area contributed by atoms with Crippen LogP contribution in [0.15, 0.2) is 59.6 Å². The van der Waals surface area contributed by atoms with Crippen molar-refractivity contribution >= 4 is 41.5 Å². The number of carbonyl (C=O) groups excluding carboxylic acids is 1. The summed E-state index contributed by atoms with van der Waals surface area (Å²) in [6.45, 7) is 2.83. The maximum atomic E-state index is 12.2. The fraction of sp³-hybridized carbons (Fsp3) is 0.300. The predicted molar refractivity (Wildman–Crippen MR) is 119 cm³/mol. The Balaban J connectivity index is 0.00000338. The molecular weight excluding hydrogens is 439 g/mol. The van der Waals surface area contributed by atoms with Gasteiger partial charge in [-0.3, -0.25) is 4.79 Å². The molecule has 0 aliphatic rings. The van der Waals surface area contributed by atoms with Gasteiger partial charge < -0.3 is 15.5 Å². The lowest BCUT2D eigenvalue weighted by Crippen LogP contribution is -2.40. The Morgan fingerprint density at radius 2 is 1.73 bits per heavy atom. The SMILES string of the molecule is CCc1cccc(NC(=O)CNC(=NCc2ccccc2)N(C)C)c1.I. The Kier molecular flexibility index (Phi) is 9.72. The summed E-state index contributed by atoms with van der Waals surface area (Å²) in [5.74, 6) is 0.587. The van der Waals surface area contributed by atoms with Crippen molar-refractivity contribution in [1.29, 1.82) is 0 Å². The molecule has 0 radical (unpaired) electrons. The molecule has 0 unspecified atom stereocenters. The highest BCUT2D eigenvalue weighted by molar-refractivity contribution is 14.0. The number of benzene rings is 2. The molecule has 0 aromatic heterocycles. The number of nitrogens with zero attached hydrogens (tertiary/aromatic N) is 2. The third kappa shape index (κ3) is 7.43. The molecule has 0 saturated heterocycles. The molecule has 2 N–H and O–H groups in total. The van der Waals surface area contributed by atoms with Crippen molar-refractivity contribution in [2.45, 2.75) is 19.9 Å². The average Bonchev–Trinajstić information content (AvgIpc) is 2.62. The molecule has 0 aliphatic carbocycles. The zero-order valence-corrected chi connectivity index (χ0v) is 17.9. The number of hydrogen-bond donors (Lipinski definition) is 2. The number of halogens is 1. The largest absolute Gasteiger partial charge is 0.349 e. The summed E-state index contributed by atoms with van der Waals surface area (Å²) in [6.07, 6.45) is 0.943. The van der Waals surface area contributed by atoms with Crippen molar-refractivity contribution in [2.24, 2.45) is 4.99 Å². The van der Waals surface area contributed by atoms with Gasteiger partial charge in [0.25, 0.3) is 0 Å². The second-order valence-corrected chi connectivity index (χ2v) is 5.98. The Morgan fingerprint density at radius 1 is 1.04 bits per heavy atom. The molecule has 0 fully saturated rings. The first-order valence-electron chi connectivity index (χ1n) is 8.47. The summed E-state index contributed by atoms with van der Waals surface area (Å²) in [5.41, 5.74) is 3.15. The normalized spacial score (nSPS) is 10.7. The van der Waals surface area contributed by atoms with Crippen LogP contribution in [0.5, 0.6) is 0 Å². The summed E-state index contributed by atoms with van der Waals surface area (Å²) in [4.78, 5) is 18.6. The molecule has 26 heavy (non-hydrogen) atoms. The Hall–Kier alpha value is -2.09. The number of amides is 1. The number of anilines is 1. The molecular formula is C20H27IN4O. The molecule has 6 heteroatoms. The second kappa shape index (κ2) is 11.5. The Bertz CT molecular complexity index is 717. The minimum absolute atomic E-state index is 0. The van der Waals surface area contributed by atoms with Crippen molar-refractivity contribution < 1.29 is 4.79 Å². The van der Waals surface area contributed by atoms with Crippen molar-refractivity contribution in [3.8, 4) is 0 Å². The van der Waals surface area contributed by atoms with Gasteiger partial charge in [-0.25, -0.2) is 4.99 Å². The van der Waals surface area contributed by atoms with E-state index in [1.165, 1.54) is 5.56 Å². The molecule has 140 valence electrons. The second-order valence-electron chi connectivity index (χ2n) is 5.98. The maximum absolute atomic E-state index is 12.2. The van der Waals surface area contributed by atoms with Gasteiger partial charge in [-0.1, -0.05) is 49.4 Å². The van der Waals surface area contributed by atoms with E-state index in [2.05, 4.69) is 22.5 Å². The number of rotatable bonds is 6. The molecule has 0 heterocycles. The average molecular weight is 466 g/mol. The number of aryl methyl sites for hydroxylation is 1. The van der Waals surface area contributed by atoms with Crippen LogP contribution in [-0.4, -0.2) is 37.4 Å². The lowest BCUT2D eigenvalue weighted by atomic mass is 10.1. The van der Waals surface area contributed by atoms with Gasteiger partial charge in [0.1, 0.15) is 0 Å². The number of carbonyl (C=O) groups is 1. The van der Waals surface area contributed by atoms with Crippen LogP contribution in [0.25, 0.3) is 0 Å². The van der Waals surface area contributed by atoms with Crippen LogP contribution in [-0.2, 0) is 17.8 Å². The summed E-state index contributed by atoms with van der Waals surface area (Å²) < 4.78 is 0. The fourth-order valence-electron chi connectivity index (χ4n) is 2.34. The van der Waals surface area contributed by atoms with E-state index in [0.29, 0.717) is 12.5 Å². The quantitative estimate of drug-likeness (QED) is 0.389. The number of nitrogens with one attached hydrogen (secondary N) is 2. The van der Waals surface area contributed by atoms with Gasteiger partial charge in [-0.2, -0.15) is 0 Å². The van der Waals surface area contributed by atoms with Crippen LogP contribution in [0.1, 0.15) is 18.1 Å². The van der Waals surface area contributed by atoms with Crippen molar-refractivity contribution in [3.63, 3.8) is 0 Å². The maximum Gasteiger partial charge on any atom is 0.243 e. The van der Waals surface area contributed by atoms with E-state index in [9.17, 15) is 4.79 Å². The smallest absolute Gasteiger partial charge is 0.243 e. The van der Waals surface area contributed by atoms with Gasteiger partial charge in [-0.15, -0.1) is 24.0 Å². The van der Waals surface area contributed by atoms with Crippen LogP contribution in [0.3, 0.4) is 0 Å². The van der Waals surface area contributed by atoms with E-state index in [0.717, 1.165) is 17.7 Å². The standard InChI is InChI=1S/C20H26N4O.HI/c1-4-16-11-8-12-18(13-16)23-19(25)15-22-20(24(2)3)21-14-17-9-6-5-7-10-17;/h5-13H,4,14-15H2,1-3H3,(H,21,22)(H,23,25);1H. The van der Waals surface area contributed by atoms with Crippen molar-refractivity contribution in [3.05, 3.63) is 65.7 Å². The van der Waals surface area contributed by atoms with Crippen LogP contribution in [0.4, 0.5) is 5.69 Å². The van der Waals surface area contributed by atoms with E-state index >= 15 is 0 Å². The molecule has 0 atom stereocenters. The lowest BCUT2D eigenvalue weighted by Gasteiger charge is -2.17. The third-order valence-electron chi connectivity index (χ3n) is 3.70. The van der Waals surface area contributed by atoms with Gasteiger partial charge in [0.15, 0.2) is 5.96 Å². The summed E-state index contributed by atoms with van der Waals surface area (Å²) in [7, 11) is 3.80. The van der Waals surface area contributed by atoms with Crippen molar-refractivity contribution in [1.82, 2.24) is 10.2 Å². The van der Waals surface area contributed by atoms with Gasteiger partial charge in [0.05, 0.1) is 13.1 Å². The minimum Gasteiger partial charge on any atom is -0.349 e. The Morgan fingerprint density at radius 3 is 2.38 bits per heavy atom. The lowest BCUT2D eigenvalue weighted by molar-refractivity contribution is -0.115. The molecule has 1 amide bonds. The topological polar surface area (TPSA) is 56.7 Å². The van der Waals surface area contributed by atoms with E-state index in [4.69, 9.17) is 0 Å². The first-order chi connectivity index (χ1) is 12.1. The highest BCUT2D eigenvalue weighted by atomic mass is 127. The fourth-order valence-corrected chi connectivity index (χ4v) is 2.34. The molecule has 0 saturated carbocycles. The number of hydrogen-bond acceptors (Lipinski definition) is 2. The zero-order valence-electron chi connectivity index (χ0n) is 15.5. The number of guanidine groups is 1. The molecule has 5 nitrogen and oxygen atoms in total. The van der Waals surface area contributed by atoms with Gasteiger partial charge in [0, 0.05) is 19.8 Å². The monoisotopic (exact) mass is 466 g/mol. The zero-order chi connectivity index (χ0) is 18.1. The van der Waals surface area contributed by atoms with Crippen LogP contribution in [0.2, 0.25) is 0 Å². The highest BCUT2D eigenvalue weighted by Gasteiger charge is 2.06.